The molecule has 1 N–H and O–H groups in total. The van der Waals surface area contributed by atoms with Gasteiger partial charge in [-0.3, -0.25) is 4.79 Å². The molecule has 0 rings (SSSR count). The van der Waals surface area contributed by atoms with E-state index in [9.17, 15) is 4.79 Å². The highest BCUT2D eigenvalue weighted by Gasteiger charge is 2.05. The van der Waals surface area contributed by atoms with Crippen LogP contribution in [0.4, 0.5) is 0 Å². The smallest absolute Gasteiger partial charge is 0.306 e. The Kier molecular flexibility index (Phi) is 9.67. The summed E-state index contributed by atoms with van der Waals surface area (Å²) in [5.74, 6) is -0.887. The molecule has 0 aromatic heterocycles. The average Bonchev–Trinajstić information content (AvgIpc) is 1.88. The van der Waals surface area contributed by atoms with E-state index in [4.69, 9.17) is 9.90 Å². The third-order valence-corrected chi connectivity index (χ3v) is 1.03. The zero-order chi connectivity index (χ0) is 8.57. The molecular weight excluding hydrogens is 132 g/mol. The Hall–Kier alpha value is -0.860. The van der Waals surface area contributed by atoms with Gasteiger partial charge < -0.3 is 9.90 Å². The number of hydrogen-bond acceptors (Lipinski definition) is 2. The van der Waals surface area contributed by atoms with Crippen LogP contribution in [0.1, 0.15) is 20.3 Å². The summed E-state index contributed by atoms with van der Waals surface area (Å²) in [6, 6.07) is 0. The Morgan fingerprint density at radius 1 is 1.80 bits per heavy atom. The van der Waals surface area contributed by atoms with E-state index in [-0.39, 0.29) is 5.92 Å². The van der Waals surface area contributed by atoms with Gasteiger partial charge in [-0.2, -0.15) is 0 Å². The largest absolute Gasteiger partial charge is 0.481 e. The van der Waals surface area contributed by atoms with Gasteiger partial charge in [0.2, 0.25) is 0 Å². The molecule has 0 aromatic rings. The molecule has 3 nitrogen and oxygen atoms in total. The minimum absolute atomic E-state index is 0.181. The summed E-state index contributed by atoms with van der Waals surface area (Å²) in [4.78, 5) is 18.6. The lowest BCUT2D eigenvalue weighted by atomic mass is 10.1. The maximum atomic E-state index is 9.93. The Bertz CT molecular complexity index is 99.0. The molecule has 0 amide bonds. The van der Waals surface area contributed by atoms with E-state index in [1.165, 1.54) is 0 Å². The molecule has 0 aliphatic rings. The van der Waals surface area contributed by atoms with Crippen LogP contribution in [0.3, 0.4) is 0 Å². The van der Waals surface area contributed by atoms with Crippen LogP contribution in [0, 0.1) is 12.8 Å². The van der Waals surface area contributed by atoms with Gasteiger partial charge in [-0.05, 0) is 6.42 Å². The molecule has 0 saturated carbocycles. The molecule has 0 bridgehead atoms. The highest BCUT2D eigenvalue weighted by molar-refractivity contribution is 5.69. The van der Waals surface area contributed by atoms with Crippen molar-refractivity contribution in [1.29, 1.82) is 0 Å². The monoisotopic (exact) mass is 145 g/mol. The van der Waals surface area contributed by atoms with Crippen molar-refractivity contribution in [1.82, 2.24) is 0 Å². The predicted molar refractivity (Wildman–Crippen MR) is 38.5 cm³/mol. The van der Waals surface area contributed by atoms with Crippen molar-refractivity contribution >= 4 is 12.3 Å². The molecule has 0 aliphatic carbocycles. The summed E-state index contributed by atoms with van der Waals surface area (Å²) in [7, 11) is 0. The van der Waals surface area contributed by atoms with Crippen molar-refractivity contribution in [2.75, 3.05) is 0 Å². The zero-order valence-corrected chi connectivity index (χ0v) is 6.33. The normalized spacial score (nSPS) is 10.7. The lowest BCUT2D eigenvalue weighted by molar-refractivity contribution is -0.141. The van der Waals surface area contributed by atoms with Crippen molar-refractivity contribution in [3.8, 4) is 0 Å². The summed E-state index contributed by atoms with van der Waals surface area (Å²) < 4.78 is 0. The summed E-state index contributed by atoms with van der Waals surface area (Å²) in [5.41, 5.74) is 0. The molecular formula is C7H13O3. The zero-order valence-electron chi connectivity index (χ0n) is 6.33. The van der Waals surface area contributed by atoms with Crippen LogP contribution in [0.15, 0.2) is 0 Å². The standard InChI is InChI=1S/C5H10O2.C2H3O/c1-3-4(2)5(6)7;1-2-3/h4H,3H2,1-2H3,(H,6,7);2H,1H2. The second-order valence-corrected chi connectivity index (χ2v) is 1.81. The first-order valence-corrected chi connectivity index (χ1v) is 3.05. The number of carbonyl (C=O) groups excluding carboxylic acids is 1. The maximum Gasteiger partial charge on any atom is 0.306 e. The van der Waals surface area contributed by atoms with Crippen molar-refractivity contribution in [3.05, 3.63) is 6.92 Å². The highest BCUT2D eigenvalue weighted by atomic mass is 16.4. The summed E-state index contributed by atoms with van der Waals surface area (Å²) in [5, 5.41) is 8.18. The number of hydrogen-bond donors (Lipinski definition) is 1. The van der Waals surface area contributed by atoms with Gasteiger partial charge in [0.15, 0.2) is 0 Å². The van der Waals surface area contributed by atoms with Crippen LogP contribution in [0.5, 0.6) is 0 Å². The second kappa shape index (κ2) is 8.14. The second-order valence-electron chi connectivity index (χ2n) is 1.81. The fourth-order valence-corrected chi connectivity index (χ4v) is 0.175. The van der Waals surface area contributed by atoms with Gasteiger partial charge in [-0.1, -0.05) is 13.8 Å². The van der Waals surface area contributed by atoms with Gasteiger partial charge in [0.1, 0.15) is 6.29 Å². The van der Waals surface area contributed by atoms with Crippen LogP contribution in [0.2, 0.25) is 0 Å². The van der Waals surface area contributed by atoms with E-state index in [1.54, 1.807) is 6.92 Å². The summed E-state index contributed by atoms with van der Waals surface area (Å²) in [6.07, 6.45) is 1.22. The summed E-state index contributed by atoms with van der Waals surface area (Å²) in [6.45, 7) is 6.36. The van der Waals surface area contributed by atoms with Crippen LogP contribution in [0.25, 0.3) is 0 Å². The molecule has 1 atom stereocenters. The number of carbonyl (C=O) groups is 2. The van der Waals surface area contributed by atoms with E-state index in [0.717, 1.165) is 6.42 Å². The molecule has 10 heavy (non-hydrogen) atoms. The Labute approximate surface area is 61.1 Å². The van der Waals surface area contributed by atoms with Crippen molar-refractivity contribution in [2.24, 2.45) is 5.92 Å². The number of carboxylic acids is 1. The van der Waals surface area contributed by atoms with E-state index in [1.807, 2.05) is 6.92 Å². The van der Waals surface area contributed by atoms with Crippen LogP contribution >= 0.6 is 0 Å². The molecule has 1 unspecified atom stereocenters. The number of carboxylic acid groups (broad SMARTS) is 1. The van der Waals surface area contributed by atoms with Crippen molar-refractivity contribution in [3.63, 3.8) is 0 Å². The molecule has 0 saturated heterocycles. The number of rotatable bonds is 2. The Balaban J connectivity index is 0. The molecule has 3 heteroatoms. The molecule has 1 radical (unpaired) electrons. The Morgan fingerprint density at radius 2 is 2.10 bits per heavy atom. The molecule has 59 valence electrons. The fourth-order valence-electron chi connectivity index (χ4n) is 0.175. The van der Waals surface area contributed by atoms with E-state index < -0.39 is 5.97 Å². The minimum atomic E-state index is -0.706. The van der Waals surface area contributed by atoms with Crippen LogP contribution in [-0.2, 0) is 9.59 Å². The van der Waals surface area contributed by atoms with Crippen molar-refractivity contribution in [2.45, 2.75) is 20.3 Å². The third kappa shape index (κ3) is 10.2. The lowest BCUT2D eigenvalue weighted by Crippen LogP contribution is -2.06. The van der Waals surface area contributed by atoms with Gasteiger partial charge >= 0.3 is 5.97 Å². The quantitative estimate of drug-likeness (QED) is 0.593. The van der Waals surface area contributed by atoms with Gasteiger partial charge in [-0.25, -0.2) is 0 Å². The van der Waals surface area contributed by atoms with Crippen molar-refractivity contribution < 1.29 is 14.7 Å². The molecule has 0 heterocycles. The third-order valence-electron chi connectivity index (χ3n) is 1.03. The first-order chi connectivity index (χ1) is 4.59. The van der Waals surface area contributed by atoms with E-state index in [0.29, 0.717) is 6.29 Å². The van der Waals surface area contributed by atoms with E-state index >= 15 is 0 Å². The van der Waals surface area contributed by atoms with E-state index in [2.05, 4.69) is 6.92 Å². The molecule has 0 aromatic carbocycles. The van der Waals surface area contributed by atoms with Gasteiger partial charge in [0, 0.05) is 6.92 Å². The highest BCUT2D eigenvalue weighted by Crippen LogP contribution is 1.97. The predicted octanol–water partition coefficient (Wildman–Crippen LogP) is 1.14. The SMILES string of the molecule is CCC(C)C(=O)O.[CH2]C=O. The lowest BCUT2D eigenvalue weighted by Gasteiger charge is -1.96. The molecule has 0 aliphatic heterocycles. The number of aliphatic carboxylic acids is 1. The molecule has 0 fully saturated rings. The summed E-state index contributed by atoms with van der Waals surface area (Å²) >= 11 is 0. The van der Waals surface area contributed by atoms with Gasteiger partial charge in [-0.15, -0.1) is 0 Å². The number of aldehydes is 1. The minimum Gasteiger partial charge on any atom is -0.481 e. The maximum absolute atomic E-state index is 9.93. The Morgan fingerprint density at radius 3 is 2.10 bits per heavy atom. The molecule has 0 spiro atoms. The van der Waals surface area contributed by atoms with Gasteiger partial charge in [0.25, 0.3) is 0 Å². The van der Waals surface area contributed by atoms with Gasteiger partial charge in [0.05, 0.1) is 5.92 Å². The average molecular weight is 145 g/mol. The fraction of sp³-hybridized carbons (Fsp3) is 0.571. The first-order valence-electron chi connectivity index (χ1n) is 3.05. The first kappa shape index (κ1) is 11.9. The van der Waals surface area contributed by atoms with Crippen LogP contribution in [-0.4, -0.2) is 17.4 Å². The topological polar surface area (TPSA) is 54.4 Å². The van der Waals surface area contributed by atoms with Crippen LogP contribution < -0.4 is 0 Å².